The normalized spacial score (nSPS) is 13.2. The number of rotatable bonds is 4. The molecule has 0 fully saturated rings. The number of carbonyl (C=O) groups is 1. The van der Waals surface area contributed by atoms with Gasteiger partial charge < -0.3 is 10.8 Å². The van der Waals surface area contributed by atoms with Gasteiger partial charge in [-0.15, -0.1) is 0 Å². The molecule has 0 aliphatic rings. The van der Waals surface area contributed by atoms with E-state index in [4.69, 9.17) is 15.4 Å². The second-order valence-corrected chi connectivity index (χ2v) is 3.59. The Labute approximate surface area is 107 Å². The van der Waals surface area contributed by atoms with Gasteiger partial charge in [0.25, 0.3) is 10.1 Å². The number of carboxylic acids is 1. The molecule has 0 aromatic rings. The predicted octanol–water partition coefficient (Wildman–Crippen LogP) is -2.24. The van der Waals surface area contributed by atoms with E-state index in [9.17, 15) is 13.2 Å². The molecule has 0 aliphatic carbocycles. The summed E-state index contributed by atoms with van der Waals surface area (Å²) in [5, 5.41) is 8.18. The van der Waals surface area contributed by atoms with E-state index in [1.165, 1.54) is 0 Å². The van der Waals surface area contributed by atoms with Crippen LogP contribution in [0.15, 0.2) is 0 Å². The van der Waals surface area contributed by atoms with Gasteiger partial charge in [-0.1, -0.05) is 0 Å². The van der Waals surface area contributed by atoms with Gasteiger partial charge in [0.2, 0.25) is 0 Å². The van der Waals surface area contributed by atoms with Gasteiger partial charge in [-0.3, -0.25) is 9.35 Å². The Bertz CT molecular complexity index is 238. The summed E-state index contributed by atoms with van der Waals surface area (Å²) in [7, 11) is -4.10. The average molecular weight is 273 g/mol. The molecule has 6 nitrogen and oxygen atoms in total. The molecule has 1 atom stereocenters. The molecule has 4 N–H and O–H groups in total. The molecule has 0 aromatic heterocycles. The van der Waals surface area contributed by atoms with E-state index in [1.54, 1.807) is 0 Å². The molecule has 0 aromatic carbocycles. The van der Waals surface area contributed by atoms with Crippen LogP contribution in [0.1, 0.15) is 6.42 Å². The van der Waals surface area contributed by atoms with Crippen LogP contribution in [-0.2, 0) is 14.9 Å². The topological polar surface area (TPSA) is 118 Å². The van der Waals surface area contributed by atoms with Crippen LogP contribution in [0.3, 0.4) is 0 Å². The van der Waals surface area contributed by atoms with Crippen LogP contribution in [0.2, 0.25) is 0 Å². The van der Waals surface area contributed by atoms with Crippen molar-refractivity contribution in [2.75, 3.05) is 5.75 Å². The van der Waals surface area contributed by atoms with E-state index in [-0.39, 0.29) is 51.9 Å². The van der Waals surface area contributed by atoms with Crippen LogP contribution >= 0.6 is 0 Å². The molecule has 0 rings (SSSR count). The molecule has 0 bridgehead atoms. The number of hydrogen-bond donors (Lipinski definition) is 3. The quantitative estimate of drug-likeness (QED) is 0.393. The van der Waals surface area contributed by atoms with E-state index < -0.39 is 27.9 Å². The average Bonchev–Trinajstić information content (AvgIpc) is 1.80. The molecule has 12 heavy (non-hydrogen) atoms. The molecule has 0 amide bonds. The standard InChI is InChI=1S/C4H9NO5S.Sr.2H/c5-3(4(6)7)1-2-11(8,9)10;;;/h3H,1-2,5H2,(H,6,7)(H,8,9,10);;;. The molecule has 0 saturated heterocycles. The molecule has 0 aliphatic heterocycles. The van der Waals surface area contributed by atoms with Crippen molar-refractivity contribution in [1.82, 2.24) is 0 Å². The van der Waals surface area contributed by atoms with Gasteiger partial charge in [0.15, 0.2) is 0 Å². The van der Waals surface area contributed by atoms with Gasteiger partial charge >= 0.3 is 51.5 Å². The van der Waals surface area contributed by atoms with Crippen LogP contribution in [0.4, 0.5) is 0 Å². The monoisotopic (exact) mass is 273 g/mol. The fraction of sp³-hybridized carbons (Fsp3) is 0.750. The Morgan fingerprint density at radius 2 is 1.92 bits per heavy atom. The Hall–Kier alpha value is 0.821. The van der Waals surface area contributed by atoms with E-state index in [0.29, 0.717) is 0 Å². The fourth-order valence-electron chi connectivity index (χ4n) is 0.399. The molecule has 0 spiro atoms. The van der Waals surface area contributed by atoms with Crippen molar-refractivity contribution in [3.05, 3.63) is 0 Å². The number of aliphatic carboxylic acids is 1. The van der Waals surface area contributed by atoms with Crippen molar-refractivity contribution in [3.8, 4) is 0 Å². The first kappa shape index (κ1) is 15.3. The Morgan fingerprint density at radius 3 is 2.17 bits per heavy atom. The first-order valence-electron chi connectivity index (χ1n) is 2.76. The zero-order valence-corrected chi connectivity index (χ0v) is 6.41. The Kier molecular flexibility index (Phi) is 8.03. The van der Waals surface area contributed by atoms with Crippen molar-refractivity contribution in [1.29, 1.82) is 0 Å². The third-order valence-corrected chi connectivity index (χ3v) is 1.76. The van der Waals surface area contributed by atoms with Crippen LogP contribution < -0.4 is 5.73 Å². The molecule has 0 heterocycles. The maximum atomic E-state index is 10.1. The molecular weight excluding hydrogens is 262 g/mol. The summed E-state index contributed by atoms with van der Waals surface area (Å²) < 4.78 is 28.3. The summed E-state index contributed by atoms with van der Waals surface area (Å²) in [4.78, 5) is 10.0. The van der Waals surface area contributed by atoms with Crippen LogP contribution in [0.5, 0.6) is 0 Å². The van der Waals surface area contributed by atoms with Gasteiger partial charge in [0.05, 0.1) is 5.75 Å². The molecule has 0 saturated carbocycles. The van der Waals surface area contributed by atoms with E-state index >= 15 is 0 Å². The first-order chi connectivity index (χ1) is 4.83. The summed E-state index contributed by atoms with van der Waals surface area (Å²) in [6.45, 7) is 0. The zero-order chi connectivity index (χ0) is 9.07. The van der Waals surface area contributed by atoms with Gasteiger partial charge in [0.1, 0.15) is 6.04 Å². The van der Waals surface area contributed by atoms with Crippen LogP contribution in [0, 0.1) is 0 Å². The zero-order valence-electron chi connectivity index (χ0n) is 5.60. The van der Waals surface area contributed by atoms with Crippen LogP contribution in [-0.4, -0.2) is 81.3 Å². The maximum absolute atomic E-state index is 10.1. The molecule has 8 heteroatoms. The Balaban J connectivity index is 0. The van der Waals surface area contributed by atoms with Gasteiger partial charge in [-0.2, -0.15) is 8.42 Å². The van der Waals surface area contributed by atoms with Gasteiger partial charge in [0, 0.05) is 0 Å². The third kappa shape index (κ3) is 8.91. The minimum atomic E-state index is -4.10. The summed E-state index contributed by atoms with van der Waals surface area (Å²) in [6.07, 6.45) is -0.284. The number of hydrogen-bond acceptors (Lipinski definition) is 4. The fourth-order valence-corrected chi connectivity index (χ4v) is 0.951. The minimum absolute atomic E-state index is 0. The summed E-state index contributed by atoms with van der Waals surface area (Å²) >= 11 is 0. The van der Waals surface area contributed by atoms with E-state index in [0.717, 1.165) is 0 Å². The van der Waals surface area contributed by atoms with Crippen molar-refractivity contribution < 1.29 is 22.9 Å². The van der Waals surface area contributed by atoms with Crippen molar-refractivity contribution in [2.24, 2.45) is 5.73 Å². The van der Waals surface area contributed by atoms with Gasteiger partial charge in [-0.05, 0) is 6.42 Å². The second kappa shape index (κ2) is 6.30. The molecular formula is C4H11NO5SSr. The van der Waals surface area contributed by atoms with Crippen molar-refractivity contribution in [3.63, 3.8) is 0 Å². The van der Waals surface area contributed by atoms with E-state index in [2.05, 4.69) is 0 Å². The first-order valence-corrected chi connectivity index (χ1v) is 4.37. The van der Waals surface area contributed by atoms with Crippen molar-refractivity contribution >= 4 is 61.6 Å². The van der Waals surface area contributed by atoms with Crippen molar-refractivity contribution in [2.45, 2.75) is 12.5 Å². The number of nitrogens with two attached hydrogens (primary N) is 1. The SMILES string of the molecule is NC(CCS(=O)(=O)O)C(=O)O.[SrH2]. The van der Waals surface area contributed by atoms with Gasteiger partial charge in [-0.25, -0.2) is 0 Å². The van der Waals surface area contributed by atoms with E-state index in [1.807, 2.05) is 0 Å². The molecule has 0 radical (unpaired) electrons. The second-order valence-electron chi connectivity index (χ2n) is 2.02. The molecule has 70 valence electrons. The number of carboxylic acid groups (broad SMARTS) is 1. The molecule has 1 unspecified atom stereocenters. The predicted molar refractivity (Wildman–Crippen MR) is 45.2 cm³/mol. The summed E-state index contributed by atoms with van der Waals surface area (Å²) in [5.41, 5.74) is 4.95. The third-order valence-electron chi connectivity index (χ3n) is 1.00. The van der Waals surface area contributed by atoms with Crippen LogP contribution in [0.25, 0.3) is 0 Å². The summed E-state index contributed by atoms with van der Waals surface area (Å²) in [5.74, 6) is -1.91. The summed E-state index contributed by atoms with van der Waals surface area (Å²) in [6, 6.07) is -1.24. The Morgan fingerprint density at radius 1 is 1.50 bits per heavy atom.